The topological polar surface area (TPSA) is 63.7 Å². The number of carbonyl (C=O) groups excluding carboxylic acids is 1. The highest BCUT2D eigenvalue weighted by Crippen LogP contribution is 2.14. The molecule has 3 fully saturated rings. The molecule has 8 nitrogen and oxygen atoms in total. The van der Waals surface area contributed by atoms with Crippen molar-refractivity contribution in [2.24, 2.45) is 10.9 Å². The molecule has 0 aliphatic carbocycles. The van der Waals surface area contributed by atoms with Crippen LogP contribution in [0.5, 0.6) is 0 Å². The van der Waals surface area contributed by atoms with Gasteiger partial charge in [0.2, 0.25) is 5.91 Å². The van der Waals surface area contributed by atoms with Crippen molar-refractivity contribution in [3.05, 3.63) is 0 Å². The van der Waals surface area contributed by atoms with Crippen molar-refractivity contribution in [2.45, 2.75) is 32.7 Å². The second kappa shape index (κ2) is 13.0. The zero-order valence-corrected chi connectivity index (χ0v) is 21.3. The van der Waals surface area contributed by atoms with Crippen molar-refractivity contribution in [3.63, 3.8) is 0 Å². The number of aliphatic imine (C=N–C) groups is 1. The summed E-state index contributed by atoms with van der Waals surface area (Å²) < 4.78 is 5.43. The number of rotatable bonds is 6. The summed E-state index contributed by atoms with van der Waals surface area (Å²) >= 11 is 0. The van der Waals surface area contributed by atoms with E-state index in [4.69, 9.17) is 4.74 Å². The summed E-state index contributed by atoms with van der Waals surface area (Å²) in [4.78, 5) is 26.3. The predicted octanol–water partition coefficient (Wildman–Crippen LogP) is 0.777. The average Bonchev–Trinajstić information content (AvgIpc) is 3.29. The van der Waals surface area contributed by atoms with E-state index in [9.17, 15) is 4.79 Å². The molecule has 0 bridgehead atoms. The number of hydrogen-bond acceptors (Lipinski definition) is 5. The Hall–Kier alpha value is -0.650. The Labute approximate surface area is 199 Å². The zero-order valence-electron chi connectivity index (χ0n) is 19.0. The van der Waals surface area contributed by atoms with Crippen LogP contribution in [-0.2, 0) is 9.53 Å². The normalized spacial score (nSPS) is 23.8. The number of amides is 1. The summed E-state index contributed by atoms with van der Waals surface area (Å²) in [5.41, 5.74) is 0. The van der Waals surface area contributed by atoms with Gasteiger partial charge in [-0.15, -0.1) is 24.0 Å². The predicted molar refractivity (Wildman–Crippen MR) is 132 cm³/mol. The maximum atomic E-state index is 12.7. The summed E-state index contributed by atoms with van der Waals surface area (Å²) in [6.45, 7) is 15.7. The molecule has 0 aromatic heterocycles. The van der Waals surface area contributed by atoms with Crippen LogP contribution in [0.15, 0.2) is 4.99 Å². The molecule has 0 radical (unpaired) electrons. The van der Waals surface area contributed by atoms with Gasteiger partial charge >= 0.3 is 0 Å². The van der Waals surface area contributed by atoms with Gasteiger partial charge in [-0.05, 0) is 25.7 Å². The minimum atomic E-state index is -0.0150. The van der Waals surface area contributed by atoms with Gasteiger partial charge < -0.3 is 19.9 Å². The number of carbonyl (C=O) groups is 1. The lowest BCUT2D eigenvalue weighted by molar-refractivity contribution is -0.135. The summed E-state index contributed by atoms with van der Waals surface area (Å²) in [6.07, 6.45) is 2.30. The fourth-order valence-corrected chi connectivity index (χ4v) is 4.57. The van der Waals surface area contributed by atoms with Crippen molar-refractivity contribution in [1.82, 2.24) is 24.9 Å². The third kappa shape index (κ3) is 7.20. The van der Waals surface area contributed by atoms with Gasteiger partial charge in [0.05, 0.1) is 19.3 Å². The van der Waals surface area contributed by atoms with Crippen LogP contribution in [0.1, 0.15) is 26.7 Å². The van der Waals surface area contributed by atoms with E-state index in [2.05, 4.69) is 38.9 Å². The molecule has 0 aromatic rings. The molecular weight excluding hydrogens is 495 g/mol. The third-order valence-corrected chi connectivity index (χ3v) is 6.43. The zero-order chi connectivity index (χ0) is 20.6. The van der Waals surface area contributed by atoms with Crippen LogP contribution in [-0.4, -0.2) is 123 Å². The number of likely N-dealkylation sites (tertiary alicyclic amines) is 1. The molecule has 0 spiro atoms. The quantitative estimate of drug-likeness (QED) is 0.308. The lowest BCUT2D eigenvalue weighted by Crippen LogP contribution is -2.57. The molecule has 30 heavy (non-hydrogen) atoms. The van der Waals surface area contributed by atoms with Crippen LogP contribution in [0.3, 0.4) is 0 Å². The summed E-state index contributed by atoms with van der Waals surface area (Å²) in [7, 11) is 1.86. The molecule has 3 heterocycles. The summed E-state index contributed by atoms with van der Waals surface area (Å²) in [5.74, 6) is 1.84. The van der Waals surface area contributed by atoms with Crippen molar-refractivity contribution in [2.75, 3.05) is 85.7 Å². The van der Waals surface area contributed by atoms with E-state index in [0.29, 0.717) is 11.8 Å². The molecular formula is C21H41IN6O2. The van der Waals surface area contributed by atoms with E-state index < -0.39 is 0 Å². The first-order chi connectivity index (χ1) is 14.1. The number of halogens is 1. The number of ether oxygens (including phenoxy) is 1. The van der Waals surface area contributed by atoms with Crippen molar-refractivity contribution < 1.29 is 9.53 Å². The van der Waals surface area contributed by atoms with E-state index in [1.807, 2.05) is 11.9 Å². The van der Waals surface area contributed by atoms with Gasteiger partial charge in [-0.1, -0.05) is 6.92 Å². The Bertz CT molecular complexity index is 544. The van der Waals surface area contributed by atoms with Crippen LogP contribution in [0.4, 0.5) is 0 Å². The van der Waals surface area contributed by atoms with Crippen LogP contribution in [0.25, 0.3) is 0 Å². The van der Waals surface area contributed by atoms with Gasteiger partial charge in [0.15, 0.2) is 5.96 Å². The Morgan fingerprint density at radius 3 is 2.20 bits per heavy atom. The van der Waals surface area contributed by atoms with Gasteiger partial charge in [0.1, 0.15) is 0 Å². The molecule has 3 rings (SSSR count). The van der Waals surface area contributed by atoms with Crippen LogP contribution >= 0.6 is 24.0 Å². The minimum absolute atomic E-state index is 0. The maximum absolute atomic E-state index is 12.7. The lowest BCUT2D eigenvalue weighted by Gasteiger charge is -2.39. The number of nitrogens with one attached hydrogen (secondary N) is 1. The monoisotopic (exact) mass is 536 g/mol. The smallest absolute Gasteiger partial charge is 0.239 e. The fraction of sp³-hybridized carbons (Fsp3) is 0.905. The first-order valence-electron chi connectivity index (χ1n) is 11.4. The second-order valence-electron chi connectivity index (χ2n) is 8.68. The first-order valence-corrected chi connectivity index (χ1v) is 11.4. The highest BCUT2D eigenvalue weighted by Gasteiger charge is 2.30. The Balaban J connectivity index is 0.00000320. The van der Waals surface area contributed by atoms with Crippen molar-refractivity contribution >= 4 is 35.8 Å². The molecule has 0 aromatic carbocycles. The molecule has 0 saturated carbocycles. The number of guanidine groups is 1. The van der Waals surface area contributed by atoms with Gasteiger partial charge in [0, 0.05) is 72.5 Å². The van der Waals surface area contributed by atoms with Gasteiger partial charge in [-0.2, -0.15) is 0 Å². The standard InChI is InChI=1S/C21H40N6O2.HI/c1-18(17-24-12-14-29-15-13-24)16-23-21(22-3)27-10-8-25(9-11-27)19(2)20(28)26-6-4-5-7-26;/h18-19H,4-17H2,1-3H3,(H,22,23);1H. The van der Waals surface area contributed by atoms with Crippen LogP contribution in [0.2, 0.25) is 0 Å². The van der Waals surface area contributed by atoms with E-state index >= 15 is 0 Å². The van der Waals surface area contributed by atoms with Gasteiger partial charge in [0.25, 0.3) is 0 Å². The number of piperazine rings is 1. The number of hydrogen-bond donors (Lipinski definition) is 1. The van der Waals surface area contributed by atoms with Crippen LogP contribution < -0.4 is 5.32 Å². The Kier molecular flexibility index (Phi) is 11.1. The van der Waals surface area contributed by atoms with Crippen molar-refractivity contribution in [1.29, 1.82) is 0 Å². The minimum Gasteiger partial charge on any atom is -0.379 e. The molecule has 174 valence electrons. The van der Waals surface area contributed by atoms with E-state index in [0.717, 1.165) is 97.5 Å². The van der Waals surface area contributed by atoms with Gasteiger partial charge in [-0.25, -0.2) is 0 Å². The second-order valence-corrected chi connectivity index (χ2v) is 8.68. The summed E-state index contributed by atoms with van der Waals surface area (Å²) in [6, 6.07) is -0.0150. The fourth-order valence-electron chi connectivity index (χ4n) is 4.57. The molecule has 2 unspecified atom stereocenters. The van der Waals surface area contributed by atoms with Crippen molar-refractivity contribution in [3.8, 4) is 0 Å². The maximum Gasteiger partial charge on any atom is 0.239 e. The average molecular weight is 537 g/mol. The SMILES string of the molecule is CN=C(NCC(C)CN1CCOCC1)N1CCN(C(C)C(=O)N2CCCC2)CC1.I. The highest BCUT2D eigenvalue weighted by atomic mass is 127. The van der Waals surface area contributed by atoms with E-state index in [-0.39, 0.29) is 30.0 Å². The van der Waals surface area contributed by atoms with Gasteiger partial charge in [-0.3, -0.25) is 19.6 Å². The molecule has 2 atom stereocenters. The number of morpholine rings is 1. The highest BCUT2D eigenvalue weighted by molar-refractivity contribution is 14.0. The van der Waals surface area contributed by atoms with E-state index in [1.54, 1.807) is 0 Å². The molecule has 1 amide bonds. The Morgan fingerprint density at radius 1 is 0.967 bits per heavy atom. The van der Waals surface area contributed by atoms with Crippen LogP contribution in [0, 0.1) is 5.92 Å². The largest absolute Gasteiger partial charge is 0.379 e. The molecule has 3 aliphatic heterocycles. The molecule has 1 N–H and O–H groups in total. The number of nitrogens with zero attached hydrogens (tertiary/aromatic N) is 5. The summed E-state index contributed by atoms with van der Waals surface area (Å²) in [5, 5.41) is 3.56. The van der Waals surface area contributed by atoms with E-state index in [1.165, 1.54) is 0 Å². The molecule has 3 saturated heterocycles. The molecule has 9 heteroatoms. The lowest BCUT2D eigenvalue weighted by atomic mass is 10.1. The third-order valence-electron chi connectivity index (χ3n) is 6.43. The first kappa shape index (κ1) is 25.6. The molecule has 3 aliphatic rings. The Morgan fingerprint density at radius 2 is 1.60 bits per heavy atom.